The largest absolute Gasteiger partial charge is 0.383 e. The van der Waals surface area contributed by atoms with Crippen molar-refractivity contribution in [2.45, 2.75) is 4.90 Å². The smallest absolute Gasteiger partial charge is 0.292 e. The van der Waals surface area contributed by atoms with E-state index in [-0.39, 0.29) is 16.4 Å². The molecule has 0 saturated carbocycles. The Kier molecular flexibility index (Phi) is 6.09. The molecule has 0 heterocycles. The standard InChI is InChI=1S/C18H19N3O5S/c1-19-16-10-4-13(12-17(16)21(23)24)5-11-18(22)14-6-8-15(9-7-14)27(25,26)20(2)3/h4-12,19H,1-3H3/b11-5+. The van der Waals surface area contributed by atoms with E-state index in [1.165, 1.54) is 56.6 Å². The van der Waals surface area contributed by atoms with Crippen LogP contribution in [0, 0.1) is 10.1 Å². The van der Waals surface area contributed by atoms with Gasteiger partial charge in [0.2, 0.25) is 10.0 Å². The summed E-state index contributed by atoms with van der Waals surface area (Å²) in [6, 6.07) is 10.2. The minimum atomic E-state index is -3.56. The molecule has 0 bridgehead atoms. The minimum absolute atomic E-state index is 0.0892. The number of ketones is 1. The Morgan fingerprint density at radius 2 is 1.78 bits per heavy atom. The fourth-order valence-corrected chi connectivity index (χ4v) is 3.19. The van der Waals surface area contributed by atoms with Gasteiger partial charge in [-0.3, -0.25) is 14.9 Å². The third-order valence-corrected chi connectivity index (χ3v) is 5.66. The number of anilines is 1. The highest BCUT2D eigenvalue weighted by atomic mass is 32.2. The highest BCUT2D eigenvalue weighted by molar-refractivity contribution is 7.89. The van der Waals surface area contributed by atoms with Crippen LogP contribution in [0.5, 0.6) is 0 Å². The third-order valence-electron chi connectivity index (χ3n) is 3.83. The number of nitrogens with one attached hydrogen (secondary N) is 1. The van der Waals surface area contributed by atoms with Crippen molar-refractivity contribution in [3.8, 4) is 0 Å². The summed E-state index contributed by atoms with van der Waals surface area (Å²) >= 11 is 0. The van der Waals surface area contributed by atoms with Crippen LogP contribution in [-0.2, 0) is 10.0 Å². The van der Waals surface area contributed by atoms with Gasteiger partial charge in [-0.05, 0) is 42.0 Å². The number of nitro benzene ring substituents is 1. The summed E-state index contributed by atoms with van der Waals surface area (Å²) in [7, 11) is 0.877. The minimum Gasteiger partial charge on any atom is -0.383 e. The normalized spacial score (nSPS) is 11.7. The van der Waals surface area contributed by atoms with Gasteiger partial charge in [-0.1, -0.05) is 12.1 Å². The number of nitrogens with zero attached hydrogens (tertiary/aromatic N) is 2. The zero-order valence-electron chi connectivity index (χ0n) is 15.0. The second-order valence-corrected chi connectivity index (χ2v) is 7.94. The van der Waals surface area contributed by atoms with Gasteiger partial charge >= 0.3 is 0 Å². The first-order valence-corrected chi connectivity index (χ1v) is 9.32. The molecule has 1 N–H and O–H groups in total. The van der Waals surface area contributed by atoms with E-state index in [0.29, 0.717) is 16.8 Å². The molecule has 0 aromatic heterocycles. The third kappa shape index (κ3) is 4.57. The average molecular weight is 389 g/mol. The molecule has 142 valence electrons. The molecule has 9 heteroatoms. The first-order valence-electron chi connectivity index (χ1n) is 7.88. The monoisotopic (exact) mass is 389 g/mol. The van der Waals surface area contributed by atoms with Crippen molar-refractivity contribution in [3.05, 3.63) is 69.8 Å². The van der Waals surface area contributed by atoms with Crippen LogP contribution in [0.3, 0.4) is 0 Å². The van der Waals surface area contributed by atoms with Gasteiger partial charge in [0.1, 0.15) is 5.69 Å². The summed E-state index contributed by atoms with van der Waals surface area (Å²) in [5.41, 5.74) is 1.10. The van der Waals surface area contributed by atoms with Gasteiger partial charge in [-0.2, -0.15) is 0 Å². The van der Waals surface area contributed by atoms with Gasteiger partial charge in [-0.15, -0.1) is 0 Å². The molecule has 27 heavy (non-hydrogen) atoms. The first kappa shape index (κ1) is 20.3. The molecule has 0 saturated heterocycles. The van der Waals surface area contributed by atoms with Crippen molar-refractivity contribution in [2.75, 3.05) is 26.5 Å². The van der Waals surface area contributed by atoms with E-state index in [0.717, 1.165) is 4.31 Å². The maximum atomic E-state index is 12.3. The van der Waals surface area contributed by atoms with E-state index in [1.807, 2.05) is 0 Å². The van der Waals surface area contributed by atoms with Crippen LogP contribution in [0.4, 0.5) is 11.4 Å². The van der Waals surface area contributed by atoms with Crippen LogP contribution in [0.1, 0.15) is 15.9 Å². The zero-order chi connectivity index (χ0) is 20.2. The van der Waals surface area contributed by atoms with Crippen molar-refractivity contribution in [1.29, 1.82) is 0 Å². The Morgan fingerprint density at radius 3 is 2.30 bits per heavy atom. The number of benzene rings is 2. The molecule has 2 rings (SSSR count). The number of hydrogen-bond acceptors (Lipinski definition) is 6. The van der Waals surface area contributed by atoms with Crippen molar-refractivity contribution < 1.29 is 18.1 Å². The summed E-state index contributed by atoms with van der Waals surface area (Å²) in [5, 5.41) is 13.8. The van der Waals surface area contributed by atoms with Crippen molar-refractivity contribution in [3.63, 3.8) is 0 Å². The molecule has 0 atom stereocenters. The SMILES string of the molecule is CNc1ccc(/C=C/C(=O)c2ccc(S(=O)(=O)N(C)C)cc2)cc1[N+](=O)[O-]. The lowest BCUT2D eigenvalue weighted by Crippen LogP contribution is -2.22. The summed E-state index contributed by atoms with van der Waals surface area (Å²) in [5.74, 6) is -0.343. The molecule has 8 nitrogen and oxygen atoms in total. The Hall–Kier alpha value is -3.04. The molecule has 0 amide bonds. The van der Waals surface area contributed by atoms with Crippen molar-refractivity contribution in [1.82, 2.24) is 4.31 Å². The van der Waals surface area contributed by atoms with Crippen molar-refractivity contribution in [2.24, 2.45) is 0 Å². The van der Waals surface area contributed by atoms with Gasteiger partial charge in [0.15, 0.2) is 5.78 Å². The molecule has 0 radical (unpaired) electrons. The number of rotatable bonds is 7. The zero-order valence-corrected chi connectivity index (χ0v) is 15.9. The molecular weight excluding hydrogens is 370 g/mol. The molecular formula is C18H19N3O5S. The van der Waals surface area contributed by atoms with E-state index < -0.39 is 14.9 Å². The Balaban J connectivity index is 2.22. The van der Waals surface area contributed by atoms with Crippen LogP contribution < -0.4 is 5.32 Å². The number of nitro groups is 1. The molecule has 2 aromatic rings. The Bertz CT molecular complexity index is 996. The van der Waals surface area contributed by atoms with E-state index in [2.05, 4.69) is 5.32 Å². The molecule has 0 aliphatic carbocycles. The number of hydrogen-bond donors (Lipinski definition) is 1. The van der Waals surface area contributed by atoms with Gasteiger partial charge in [0, 0.05) is 32.8 Å². The number of carbonyl (C=O) groups is 1. The second kappa shape index (κ2) is 8.11. The Labute approximate surface area is 157 Å². The average Bonchev–Trinajstić information content (AvgIpc) is 2.65. The summed E-state index contributed by atoms with van der Waals surface area (Å²) in [4.78, 5) is 22.9. The lowest BCUT2D eigenvalue weighted by atomic mass is 10.1. The summed E-state index contributed by atoms with van der Waals surface area (Å²) < 4.78 is 25.1. The van der Waals surface area contributed by atoms with Crippen LogP contribution in [-0.4, -0.2) is 44.6 Å². The number of allylic oxidation sites excluding steroid dienone is 1. The topological polar surface area (TPSA) is 110 Å². The lowest BCUT2D eigenvalue weighted by molar-refractivity contribution is -0.384. The quantitative estimate of drug-likeness (QED) is 0.337. The van der Waals surface area contributed by atoms with Crippen LogP contribution in [0.2, 0.25) is 0 Å². The van der Waals surface area contributed by atoms with Gasteiger partial charge < -0.3 is 5.32 Å². The number of carbonyl (C=O) groups excluding carboxylic acids is 1. The predicted molar refractivity (Wildman–Crippen MR) is 103 cm³/mol. The molecule has 0 aliphatic heterocycles. The van der Waals surface area contributed by atoms with Gasteiger partial charge in [0.05, 0.1) is 9.82 Å². The highest BCUT2D eigenvalue weighted by Gasteiger charge is 2.17. The van der Waals surface area contributed by atoms with Crippen LogP contribution in [0.15, 0.2) is 53.4 Å². The maximum absolute atomic E-state index is 12.3. The molecule has 0 unspecified atom stereocenters. The van der Waals surface area contributed by atoms with E-state index in [9.17, 15) is 23.3 Å². The molecule has 2 aromatic carbocycles. The van der Waals surface area contributed by atoms with Crippen LogP contribution >= 0.6 is 0 Å². The summed E-state index contributed by atoms with van der Waals surface area (Å²) in [6.07, 6.45) is 2.76. The Morgan fingerprint density at radius 1 is 1.15 bits per heavy atom. The fourth-order valence-electron chi connectivity index (χ4n) is 2.28. The number of sulfonamides is 1. The van der Waals surface area contributed by atoms with Gasteiger partial charge in [-0.25, -0.2) is 12.7 Å². The van der Waals surface area contributed by atoms with E-state index in [4.69, 9.17) is 0 Å². The molecule has 0 aliphatic rings. The molecule has 0 fully saturated rings. The predicted octanol–water partition coefficient (Wildman–Crippen LogP) is 2.78. The van der Waals surface area contributed by atoms with Crippen LogP contribution in [0.25, 0.3) is 6.08 Å². The molecule has 0 spiro atoms. The maximum Gasteiger partial charge on any atom is 0.292 e. The first-order chi connectivity index (χ1) is 12.7. The fraction of sp³-hybridized carbons (Fsp3) is 0.167. The van der Waals surface area contributed by atoms with E-state index >= 15 is 0 Å². The van der Waals surface area contributed by atoms with E-state index in [1.54, 1.807) is 19.2 Å². The van der Waals surface area contributed by atoms with Gasteiger partial charge in [0.25, 0.3) is 5.69 Å². The second-order valence-electron chi connectivity index (χ2n) is 5.79. The highest BCUT2D eigenvalue weighted by Crippen LogP contribution is 2.25. The lowest BCUT2D eigenvalue weighted by Gasteiger charge is -2.11. The summed E-state index contributed by atoms with van der Waals surface area (Å²) in [6.45, 7) is 0. The van der Waals surface area contributed by atoms with Crippen molar-refractivity contribution >= 4 is 33.3 Å².